The number of phosphoric ester groups is 3. The van der Waals surface area contributed by atoms with E-state index < -0.39 is 91.3 Å². The van der Waals surface area contributed by atoms with Crippen LogP contribution in [-0.2, 0) is 50.9 Å². The fourth-order valence-corrected chi connectivity index (χ4v) is 7.56. The Bertz CT molecular complexity index is 1980. The summed E-state index contributed by atoms with van der Waals surface area (Å²) < 4.78 is 64.5. The van der Waals surface area contributed by atoms with Crippen LogP contribution in [0.1, 0.15) is 119 Å². The highest BCUT2D eigenvalue weighted by atomic mass is 31.2. The van der Waals surface area contributed by atoms with Crippen LogP contribution in [0.3, 0.4) is 0 Å². The van der Waals surface area contributed by atoms with E-state index in [2.05, 4.69) is 81.1 Å². The van der Waals surface area contributed by atoms with Gasteiger partial charge in [-0.2, -0.15) is 0 Å². The number of aliphatic hydroxyl groups excluding tert-OH is 3. The molecule has 1 fully saturated rings. The molecule has 0 aliphatic heterocycles. The van der Waals surface area contributed by atoms with Crippen molar-refractivity contribution in [3.63, 3.8) is 0 Å². The number of phosphoric acid groups is 3. The van der Waals surface area contributed by atoms with E-state index in [0.29, 0.717) is 12.8 Å². The van der Waals surface area contributed by atoms with Gasteiger partial charge < -0.3 is 55.4 Å². The smallest absolute Gasteiger partial charge is 0.456 e. The quantitative estimate of drug-likeness (QED) is 0.0173. The zero-order valence-corrected chi connectivity index (χ0v) is 37.2. The highest BCUT2D eigenvalue weighted by molar-refractivity contribution is 7.47. The van der Waals surface area contributed by atoms with E-state index in [1.54, 1.807) is 6.92 Å². The molecule has 368 valence electrons. The van der Waals surface area contributed by atoms with Gasteiger partial charge in [0.15, 0.2) is 6.10 Å². The van der Waals surface area contributed by atoms with Gasteiger partial charge in [0.2, 0.25) is 0 Å². The van der Waals surface area contributed by atoms with Crippen molar-refractivity contribution in [3.8, 4) is 71.0 Å². The summed E-state index contributed by atoms with van der Waals surface area (Å²) in [7, 11) is -16.7. The minimum Gasteiger partial charge on any atom is -0.456 e. The number of esters is 2. The molecule has 0 bridgehead atoms. The van der Waals surface area contributed by atoms with Crippen LogP contribution in [0.25, 0.3) is 0 Å². The molecule has 0 heterocycles. The molecule has 0 aromatic heterocycles. The van der Waals surface area contributed by atoms with Crippen molar-refractivity contribution in [2.45, 2.75) is 146 Å². The lowest BCUT2D eigenvalue weighted by molar-refractivity contribution is -0.213. The van der Waals surface area contributed by atoms with E-state index in [4.69, 9.17) is 18.5 Å². The second-order valence-corrected chi connectivity index (χ2v) is 17.0. The highest BCUT2D eigenvalue weighted by Crippen LogP contribution is 2.51. The Kier molecular flexibility index (Phi) is 30.3. The van der Waals surface area contributed by atoms with Crippen molar-refractivity contribution in [2.75, 3.05) is 13.2 Å². The second kappa shape index (κ2) is 32.2. The Balaban J connectivity index is -0.000000310. The topological polar surface area (TPSA) is 338 Å². The number of carbonyl (C=O) groups excluding carboxylic acids is 2. The van der Waals surface area contributed by atoms with Gasteiger partial charge in [-0.05, 0) is 72.5 Å². The molecule has 23 heteroatoms. The third kappa shape index (κ3) is 28.2. The Labute approximate surface area is 378 Å². The first-order valence-electron chi connectivity index (χ1n) is 19.3. The van der Waals surface area contributed by atoms with Crippen LogP contribution in [0.4, 0.5) is 0 Å². The molecule has 1 rings (SSSR count). The predicted molar refractivity (Wildman–Crippen MR) is 244 cm³/mol. The summed E-state index contributed by atoms with van der Waals surface area (Å²) in [6.45, 7) is 1.99. The van der Waals surface area contributed by atoms with E-state index in [0.717, 1.165) is 25.7 Å². The molecule has 0 spiro atoms. The van der Waals surface area contributed by atoms with Gasteiger partial charge in [0.25, 0.3) is 0 Å². The zero-order chi connectivity index (χ0) is 45.7. The van der Waals surface area contributed by atoms with Crippen molar-refractivity contribution in [1.82, 2.24) is 6.15 Å². The summed E-state index contributed by atoms with van der Waals surface area (Å²) in [6.07, 6.45) is -2.99. The maximum Gasteiger partial charge on any atom is 0.472 e. The maximum absolute atomic E-state index is 13.0. The summed E-state index contributed by atoms with van der Waals surface area (Å²) in [5.41, 5.74) is 0. The molecule has 0 amide bonds. The lowest BCUT2D eigenvalue weighted by Crippen LogP contribution is -2.65. The largest absolute Gasteiger partial charge is 0.472 e. The molecule has 20 nitrogen and oxygen atoms in total. The molecule has 1 saturated carbocycles. The van der Waals surface area contributed by atoms with Crippen molar-refractivity contribution >= 4 is 35.4 Å². The monoisotopic (exact) mass is 957 g/mol. The van der Waals surface area contributed by atoms with Crippen molar-refractivity contribution < 1.29 is 106 Å². The highest BCUT2D eigenvalue weighted by Gasteiger charge is 2.56. The number of hydrogen-bond donors (Lipinski definition) is 9. The van der Waals surface area contributed by atoms with Crippen LogP contribution in [0, 0.1) is 71.0 Å². The lowest BCUT2D eigenvalue weighted by Gasteiger charge is -2.44. The van der Waals surface area contributed by atoms with Crippen LogP contribution in [0.15, 0.2) is 0 Å². The first-order chi connectivity index (χ1) is 28.8. The van der Waals surface area contributed by atoms with E-state index in [-0.39, 0.29) is 28.3 Å². The van der Waals surface area contributed by atoms with Crippen LogP contribution < -0.4 is 6.15 Å². The number of unbranched alkanes of at least 4 members (excludes halogenated alkanes) is 12. The van der Waals surface area contributed by atoms with Gasteiger partial charge in [-0.3, -0.25) is 22.9 Å². The SMILES string of the molecule is CC#CC#CC#CC#CC#CC#CC(=O)OC[C@H](COP(=O)(O)OC1C(O)[C@H](O)[C@H](OP(=O)(O)O)C(OP(=O)(O)O)[C@@H]1O)OC(=O)CCCCCCCCCCCCCCC.N.[HH].[HH].[HH].[HH].[HH].[HH].[HH].[HH].[HH].[HH].[HH]. The Morgan fingerprint density at radius 1 is 0.581 bits per heavy atom. The van der Waals surface area contributed by atoms with Crippen molar-refractivity contribution in [3.05, 3.63) is 0 Å². The zero-order valence-electron chi connectivity index (χ0n) is 34.5. The molecule has 0 aromatic carbocycles. The van der Waals surface area contributed by atoms with Gasteiger partial charge in [0.05, 0.1) is 6.61 Å². The third-order valence-electron chi connectivity index (χ3n) is 8.25. The summed E-state index contributed by atoms with van der Waals surface area (Å²) in [5, 5.41) is 31.7. The Morgan fingerprint density at radius 2 is 1.00 bits per heavy atom. The number of hydrogen-bond acceptors (Lipinski definition) is 15. The van der Waals surface area contributed by atoms with Crippen LogP contribution >= 0.6 is 23.5 Å². The molecule has 1 aliphatic carbocycles. The van der Waals surface area contributed by atoms with E-state index >= 15 is 0 Å². The summed E-state index contributed by atoms with van der Waals surface area (Å²) in [6, 6.07) is 0. The minimum absolute atomic E-state index is 0. The molecular formula is C39H78NO19P3. The average Bonchev–Trinajstić information content (AvgIpc) is 3.18. The van der Waals surface area contributed by atoms with Crippen molar-refractivity contribution in [1.29, 1.82) is 0 Å². The van der Waals surface area contributed by atoms with Gasteiger partial charge >= 0.3 is 35.4 Å². The minimum atomic E-state index is -5.63. The van der Waals surface area contributed by atoms with E-state index in [9.17, 15) is 63.1 Å². The van der Waals surface area contributed by atoms with Crippen molar-refractivity contribution in [2.24, 2.45) is 0 Å². The summed E-state index contributed by atoms with van der Waals surface area (Å²) in [5.74, 6) is 26.3. The first-order valence-corrected chi connectivity index (χ1v) is 23.8. The lowest BCUT2D eigenvalue weighted by atomic mass is 9.85. The second-order valence-electron chi connectivity index (χ2n) is 13.3. The molecule has 0 radical (unpaired) electrons. The van der Waals surface area contributed by atoms with E-state index in [1.165, 1.54) is 44.9 Å². The van der Waals surface area contributed by atoms with E-state index in [1.807, 2.05) is 5.92 Å². The third-order valence-corrected chi connectivity index (χ3v) is 10.3. The normalized spacial score (nSPS) is 20.5. The standard InChI is InChI=1S/C39H53O19P3.H3N.11H2/c1-3-5-7-9-11-13-15-16-18-20-22-24-26-28-33(41)55-31(29-53-32(40)27-25-23-21-19-17-14-12-10-8-6-4-2)30-54-61(51,52)58-37-34(42)35(43)38(56-59(45,46)47)39(36(37)44)57-60(48,49)50;;;;;;;;;;;;/h31,34-39,42-44H,3,5,7,9,11,13,15-16,18,20,22,24,26,28-30H2,1-2H3,(H,51,52)(H2,45,46,47)(H2,48,49,50);1H3;11*1H/t31-,34?,35+,36-,37?,38+,39?;;;;;;;;;;;;/m1............/s1. The maximum atomic E-state index is 13.0. The number of rotatable bonds is 26. The molecule has 11 N–H and O–H groups in total. The number of ether oxygens (including phenoxy) is 2. The van der Waals surface area contributed by atoms with Gasteiger partial charge in [-0.25, -0.2) is 18.5 Å². The van der Waals surface area contributed by atoms with Gasteiger partial charge in [0.1, 0.15) is 43.2 Å². The predicted octanol–water partition coefficient (Wildman–Crippen LogP) is 5.39. The van der Waals surface area contributed by atoms with Gasteiger partial charge in [-0.1, -0.05) is 89.9 Å². The number of carbonyl (C=O) groups is 2. The first kappa shape index (κ1) is 58.5. The molecule has 0 saturated heterocycles. The Hall–Kier alpha value is -3.53. The molecule has 1 aliphatic rings. The van der Waals surface area contributed by atoms with Crippen LogP contribution in [-0.4, -0.2) is 108 Å². The summed E-state index contributed by atoms with van der Waals surface area (Å²) >= 11 is 0. The fourth-order valence-electron chi connectivity index (χ4n) is 5.46. The van der Waals surface area contributed by atoms with Gasteiger partial charge in [0, 0.05) is 28.0 Å². The van der Waals surface area contributed by atoms with Crippen LogP contribution in [0.5, 0.6) is 0 Å². The molecule has 8 atom stereocenters. The molecule has 62 heavy (non-hydrogen) atoms. The average molecular weight is 958 g/mol. The molecular weight excluding hydrogens is 879 g/mol. The summed E-state index contributed by atoms with van der Waals surface area (Å²) in [4.78, 5) is 72.3. The van der Waals surface area contributed by atoms with Crippen LogP contribution in [0.2, 0.25) is 0 Å². The number of aliphatic hydroxyl groups is 3. The Morgan fingerprint density at radius 3 is 1.47 bits per heavy atom. The molecule has 4 unspecified atom stereocenters. The van der Waals surface area contributed by atoms with Gasteiger partial charge in [-0.15, -0.1) is 0 Å². The molecule has 0 aromatic rings. The fraction of sp³-hybridized carbons (Fsp3) is 0.641.